The van der Waals surface area contributed by atoms with Crippen LogP contribution in [0.3, 0.4) is 0 Å². The van der Waals surface area contributed by atoms with Gasteiger partial charge in [-0.2, -0.15) is 0 Å². The Morgan fingerprint density at radius 2 is 1.10 bits per heavy atom. The quantitative estimate of drug-likeness (QED) is 0.349. The summed E-state index contributed by atoms with van der Waals surface area (Å²) >= 11 is 25.0. The van der Waals surface area contributed by atoms with E-state index in [0.717, 1.165) is 12.0 Å². The molecule has 0 aliphatic carbocycles. The van der Waals surface area contributed by atoms with Gasteiger partial charge in [0.15, 0.2) is 11.6 Å². The van der Waals surface area contributed by atoms with Gasteiger partial charge >= 0.3 is 0 Å². The minimum atomic E-state index is -0.426. The lowest BCUT2D eigenvalue weighted by Gasteiger charge is -2.16. The molecule has 0 aliphatic rings. The van der Waals surface area contributed by atoms with Crippen LogP contribution in [0.4, 0.5) is 0 Å². The second-order valence-electron chi connectivity index (χ2n) is 6.44. The van der Waals surface area contributed by atoms with Crippen LogP contribution in [0.5, 0.6) is 0 Å². The zero-order chi connectivity index (χ0) is 21.1. The van der Waals surface area contributed by atoms with Crippen molar-refractivity contribution < 1.29 is 9.59 Å². The largest absolute Gasteiger partial charge is 0.288 e. The Morgan fingerprint density at radius 1 is 0.655 bits per heavy atom. The number of carbonyl (C=O) groups excluding carboxylic acids is 2. The Balaban J connectivity index is 2.26. The average Bonchev–Trinajstić information content (AvgIpc) is 2.67. The summed E-state index contributed by atoms with van der Waals surface area (Å²) in [6.45, 7) is 2.00. The second-order valence-corrected chi connectivity index (χ2v) is 8.07. The minimum Gasteiger partial charge on any atom is -0.288 e. The van der Waals surface area contributed by atoms with Crippen LogP contribution < -0.4 is 0 Å². The van der Waals surface area contributed by atoms with Gasteiger partial charge in [0.05, 0.1) is 31.2 Å². The van der Waals surface area contributed by atoms with Crippen LogP contribution in [0.1, 0.15) is 50.8 Å². The summed E-state index contributed by atoms with van der Waals surface area (Å²) in [6.07, 6.45) is 1.40. The highest BCUT2D eigenvalue weighted by molar-refractivity contribution is 6.43. The lowest BCUT2D eigenvalue weighted by Crippen LogP contribution is -2.15. The molecule has 0 unspecified atom stereocenters. The first kappa shape index (κ1) is 21.9. The van der Waals surface area contributed by atoms with Gasteiger partial charge in [-0.15, -0.1) is 0 Å². The van der Waals surface area contributed by atoms with E-state index >= 15 is 0 Å². The standard InChI is InChI=1S/C23H16Cl4O2/c1-2-6-13-7-3-8-14(22(28)20-15(24)9-4-10-16(20)25)19(13)23(29)21-17(26)11-5-12-18(21)27/h3-5,7-12H,2,6H2,1H3. The molecule has 0 radical (unpaired) electrons. The highest BCUT2D eigenvalue weighted by Gasteiger charge is 2.27. The van der Waals surface area contributed by atoms with E-state index in [4.69, 9.17) is 46.4 Å². The van der Waals surface area contributed by atoms with Crippen LogP contribution in [0, 0.1) is 0 Å². The zero-order valence-electron chi connectivity index (χ0n) is 15.4. The van der Waals surface area contributed by atoms with Gasteiger partial charge in [-0.05, 0) is 36.2 Å². The third-order valence-corrected chi connectivity index (χ3v) is 5.78. The first-order valence-electron chi connectivity index (χ1n) is 8.96. The minimum absolute atomic E-state index is 0.156. The Bertz CT molecular complexity index is 1070. The molecule has 3 aromatic carbocycles. The number of hydrogen-bond donors (Lipinski definition) is 0. The summed E-state index contributed by atoms with van der Waals surface area (Å²) in [4.78, 5) is 26.9. The predicted molar refractivity (Wildman–Crippen MR) is 120 cm³/mol. The summed E-state index contributed by atoms with van der Waals surface area (Å²) in [7, 11) is 0. The number of benzene rings is 3. The molecule has 0 aliphatic heterocycles. The van der Waals surface area contributed by atoms with Gasteiger partial charge < -0.3 is 0 Å². The van der Waals surface area contributed by atoms with Crippen molar-refractivity contribution in [2.75, 3.05) is 0 Å². The number of aryl methyl sites for hydroxylation is 1. The number of halogens is 4. The van der Waals surface area contributed by atoms with Crippen LogP contribution in [0.25, 0.3) is 0 Å². The molecule has 3 rings (SSSR count). The molecule has 0 atom stereocenters. The zero-order valence-corrected chi connectivity index (χ0v) is 18.5. The fourth-order valence-corrected chi connectivity index (χ4v) is 4.36. The maximum Gasteiger partial charge on any atom is 0.197 e. The SMILES string of the molecule is CCCc1cccc(C(=O)c2c(Cl)cccc2Cl)c1C(=O)c1c(Cl)cccc1Cl. The van der Waals surface area contributed by atoms with Gasteiger partial charge in [0.1, 0.15) is 0 Å². The average molecular weight is 466 g/mol. The van der Waals surface area contributed by atoms with Crippen molar-refractivity contribution in [2.45, 2.75) is 19.8 Å². The molecule has 0 N–H and O–H groups in total. The van der Waals surface area contributed by atoms with Gasteiger partial charge in [-0.1, -0.05) is 90.1 Å². The van der Waals surface area contributed by atoms with Crippen molar-refractivity contribution in [3.63, 3.8) is 0 Å². The smallest absolute Gasteiger partial charge is 0.197 e. The van der Waals surface area contributed by atoms with Crippen molar-refractivity contribution in [2.24, 2.45) is 0 Å². The highest BCUT2D eigenvalue weighted by atomic mass is 35.5. The predicted octanol–water partition coefficient (Wildman–Crippen LogP) is 7.71. The van der Waals surface area contributed by atoms with Gasteiger partial charge in [-0.25, -0.2) is 0 Å². The Labute approximate surface area is 189 Å². The van der Waals surface area contributed by atoms with Gasteiger partial charge in [-0.3, -0.25) is 9.59 Å². The van der Waals surface area contributed by atoms with E-state index in [-0.39, 0.29) is 42.3 Å². The van der Waals surface area contributed by atoms with Crippen LogP contribution in [-0.4, -0.2) is 11.6 Å². The molecule has 0 fully saturated rings. The molecule has 0 heterocycles. The lowest BCUT2D eigenvalue weighted by molar-refractivity contribution is 0.100. The summed E-state index contributed by atoms with van der Waals surface area (Å²) in [5, 5.41) is 0.890. The molecule has 0 saturated carbocycles. The molecule has 2 nitrogen and oxygen atoms in total. The highest BCUT2D eigenvalue weighted by Crippen LogP contribution is 2.33. The van der Waals surface area contributed by atoms with E-state index in [9.17, 15) is 9.59 Å². The van der Waals surface area contributed by atoms with Crippen molar-refractivity contribution in [3.8, 4) is 0 Å². The van der Waals surface area contributed by atoms with E-state index in [2.05, 4.69) is 0 Å². The molecular formula is C23H16Cl4O2. The van der Waals surface area contributed by atoms with E-state index in [0.29, 0.717) is 6.42 Å². The summed E-state index contributed by atoms with van der Waals surface area (Å²) in [6, 6.07) is 14.8. The molecule has 0 amide bonds. The molecule has 0 bridgehead atoms. The van der Waals surface area contributed by atoms with E-state index in [1.807, 2.05) is 13.0 Å². The van der Waals surface area contributed by atoms with Crippen LogP contribution in [0.2, 0.25) is 20.1 Å². The lowest BCUT2D eigenvalue weighted by atomic mass is 9.88. The molecule has 6 heteroatoms. The van der Waals surface area contributed by atoms with Crippen molar-refractivity contribution in [1.82, 2.24) is 0 Å². The first-order valence-corrected chi connectivity index (χ1v) is 10.5. The monoisotopic (exact) mass is 464 g/mol. The van der Waals surface area contributed by atoms with Crippen molar-refractivity contribution >= 4 is 58.0 Å². The Kier molecular flexibility index (Phi) is 7.02. The van der Waals surface area contributed by atoms with Crippen molar-refractivity contribution in [1.29, 1.82) is 0 Å². The van der Waals surface area contributed by atoms with Crippen molar-refractivity contribution in [3.05, 3.63) is 103 Å². The summed E-state index contributed by atoms with van der Waals surface area (Å²) < 4.78 is 0. The Hall–Kier alpha value is -1.84. The topological polar surface area (TPSA) is 34.1 Å². The fraction of sp³-hybridized carbons (Fsp3) is 0.130. The van der Waals surface area contributed by atoms with E-state index < -0.39 is 11.6 Å². The van der Waals surface area contributed by atoms with Gasteiger partial charge in [0.2, 0.25) is 0 Å². The third-order valence-electron chi connectivity index (χ3n) is 4.52. The number of ketones is 2. The van der Waals surface area contributed by atoms with E-state index in [1.54, 1.807) is 48.5 Å². The fourth-order valence-electron chi connectivity index (χ4n) is 3.22. The number of hydrogen-bond acceptors (Lipinski definition) is 2. The van der Waals surface area contributed by atoms with E-state index in [1.165, 1.54) is 0 Å². The third kappa shape index (κ3) is 4.36. The first-order chi connectivity index (χ1) is 13.9. The molecule has 0 spiro atoms. The Morgan fingerprint density at radius 3 is 1.59 bits per heavy atom. The molecule has 29 heavy (non-hydrogen) atoms. The maximum absolute atomic E-state index is 13.5. The van der Waals surface area contributed by atoms with Crippen LogP contribution >= 0.6 is 46.4 Å². The van der Waals surface area contributed by atoms with Gasteiger partial charge in [0, 0.05) is 11.1 Å². The molecular weight excluding hydrogens is 450 g/mol. The number of carbonyl (C=O) groups is 2. The number of rotatable bonds is 6. The molecule has 148 valence electrons. The summed E-state index contributed by atoms with van der Waals surface area (Å²) in [5.41, 5.74) is 1.54. The maximum atomic E-state index is 13.5. The molecule has 0 saturated heterocycles. The molecule has 3 aromatic rings. The molecule has 0 aromatic heterocycles. The van der Waals surface area contributed by atoms with Crippen LogP contribution in [0.15, 0.2) is 54.6 Å². The summed E-state index contributed by atoms with van der Waals surface area (Å²) in [5.74, 6) is -0.832. The van der Waals surface area contributed by atoms with Crippen LogP contribution in [-0.2, 0) is 6.42 Å². The normalized spacial score (nSPS) is 10.8. The second kappa shape index (κ2) is 9.32. The van der Waals surface area contributed by atoms with Gasteiger partial charge in [0.25, 0.3) is 0 Å².